The molecule has 0 atom stereocenters. The highest BCUT2D eigenvalue weighted by atomic mass is 16.3. The summed E-state index contributed by atoms with van der Waals surface area (Å²) in [7, 11) is 0. The van der Waals surface area contributed by atoms with Crippen molar-refractivity contribution < 1.29 is 9.21 Å². The molecule has 0 aliphatic heterocycles. The minimum absolute atomic E-state index is 0.112. The third kappa shape index (κ3) is 3.09. The normalized spacial score (nSPS) is 15.6. The van der Waals surface area contributed by atoms with Gasteiger partial charge in [-0.15, -0.1) is 5.10 Å². The Balaban J connectivity index is 1.63. The van der Waals surface area contributed by atoms with Crippen LogP contribution in [0, 0.1) is 6.92 Å². The summed E-state index contributed by atoms with van der Waals surface area (Å²) >= 11 is 0. The number of carbonyl (C=O) groups is 1. The SMILES string of the molecule is Cc1ccc(-c2nc3cc(C(=O)NC4CCCCC4)cc(N)n3n2)o1. The number of anilines is 1. The molecular weight excluding hydrogens is 318 g/mol. The van der Waals surface area contributed by atoms with Gasteiger partial charge in [-0.25, -0.2) is 4.98 Å². The molecule has 3 N–H and O–H groups in total. The highest BCUT2D eigenvalue weighted by Gasteiger charge is 2.19. The van der Waals surface area contributed by atoms with Crippen molar-refractivity contribution in [3.63, 3.8) is 0 Å². The monoisotopic (exact) mass is 339 g/mol. The summed E-state index contributed by atoms with van der Waals surface area (Å²) in [5, 5.41) is 7.47. The number of nitrogens with two attached hydrogens (primary N) is 1. The molecule has 4 rings (SSSR count). The molecule has 0 unspecified atom stereocenters. The first-order valence-electron chi connectivity index (χ1n) is 8.64. The van der Waals surface area contributed by atoms with Gasteiger partial charge >= 0.3 is 0 Å². The summed E-state index contributed by atoms with van der Waals surface area (Å²) in [5.41, 5.74) is 7.11. The van der Waals surface area contributed by atoms with Gasteiger partial charge in [-0.05, 0) is 44.0 Å². The van der Waals surface area contributed by atoms with Gasteiger partial charge in [0.1, 0.15) is 11.6 Å². The minimum Gasteiger partial charge on any atom is -0.458 e. The number of rotatable bonds is 3. The maximum atomic E-state index is 12.5. The molecule has 1 amide bonds. The molecule has 7 nitrogen and oxygen atoms in total. The summed E-state index contributed by atoms with van der Waals surface area (Å²) in [6.07, 6.45) is 5.66. The second-order valence-electron chi connectivity index (χ2n) is 6.59. The highest BCUT2D eigenvalue weighted by molar-refractivity contribution is 5.96. The van der Waals surface area contributed by atoms with Crippen LogP contribution in [-0.2, 0) is 0 Å². The van der Waals surface area contributed by atoms with Gasteiger partial charge in [-0.1, -0.05) is 19.3 Å². The Bertz CT molecular complexity index is 921. The zero-order valence-corrected chi connectivity index (χ0v) is 14.2. The van der Waals surface area contributed by atoms with Gasteiger partial charge < -0.3 is 15.5 Å². The Kier molecular flexibility index (Phi) is 3.91. The van der Waals surface area contributed by atoms with Crippen LogP contribution in [0.3, 0.4) is 0 Å². The molecule has 3 heterocycles. The Hall–Kier alpha value is -2.83. The number of hydrogen-bond donors (Lipinski definition) is 2. The van der Waals surface area contributed by atoms with Crippen LogP contribution in [0.2, 0.25) is 0 Å². The van der Waals surface area contributed by atoms with Crippen molar-refractivity contribution >= 4 is 17.4 Å². The van der Waals surface area contributed by atoms with Crippen LogP contribution < -0.4 is 11.1 Å². The number of carbonyl (C=O) groups excluding carboxylic acids is 1. The zero-order valence-electron chi connectivity index (χ0n) is 14.2. The van der Waals surface area contributed by atoms with Crippen molar-refractivity contribution in [2.45, 2.75) is 45.1 Å². The number of nitrogens with one attached hydrogen (secondary N) is 1. The van der Waals surface area contributed by atoms with Crippen LogP contribution in [0.1, 0.15) is 48.2 Å². The molecule has 0 aromatic carbocycles. The summed E-state index contributed by atoms with van der Waals surface area (Å²) in [4.78, 5) is 17.0. The Morgan fingerprint density at radius 2 is 2.08 bits per heavy atom. The van der Waals surface area contributed by atoms with E-state index in [1.807, 2.05) is 19.1 Å². The maximum Gasteiger partial charge on any atom is 0.251 e. The summed E-state index contributed by atoms with van der Waals surface area (Å²) in [6, 6.07) is 7.26. The van der Waals surface area contributed by atoms with E-state index in [0.29, 0.717) is 28.6 Å². The molecule has 1 saturated carbocycles. The van der Waals surface area contributed by atoms with Crippen LogP contribution in [0.25, 0.3) is 17.2 Å². The lowest BCUT2D eigenvalue weighted by atomic mass is 9.95. The van der Waals surface area contributed by atoms with E-state index in [1.165, 1.54) is 23.8 Å². The molecule has 7 heteroatoms. The van der Waals surface area contributed by atoms with Crippen LogP contribution in [0.4, 0.5) is 5.82 Å². The highest BCUT2D eigenvalue weighted by Crippen LogP contribution is 2.22. The minimum atomic E-state index is -0.112. The molecule has 0 saturated heterocycles. The number of furan rings is 1. The van der Waals surface area contributed by atoms with Gasteiger partial charge in [0.2, 0.25) is 5.82 Å². The quantitative estimate of drug-likeness (QED) is 0.764. The van der Waals surface area contributed by atoms with Crippen LogP contribution in [0.15, 0.2) is 28.7 Å². The lowest BCUT2D eigenvalue weighted by Crippen LogP contribution is -2.36. The molecule has 25 heavy (non-hydrogen) atoms. The summed E-state index contributed by atoms with van der Waals surface area (Å²) in [5.74, 6) is 2.07. The first-order chi connectivity index (χ1) is 12.1. The van der Waals surface area contributed by atoms with E-state index in [2.05, 4.69) is 15.4 Å². The molecule has 1 aliphatic rings. The van der Waals surface area contributed by atoms with Crippen molar-refractivity contribution in [3.8, 4) is 11.6 Å². The zero-order chi connectivity index (χ0) is 17.4. The average Bonchev–Trinajstić information content (AvgIpc) is 3.22. The van der Waals surface area contributed by atoms with E-state index in [9.17, 15) is 4.79 Å². The first-order valence-corrected chi connectivity index (χ1v) is 8.64. The molecule has 0 radical (unpaired) electrons. The van der Waals surface area contributed by atoms with Gasteiger partial charge in [0.25, 0.3) is 5.91 Å². The molecule has 1 aliphatic carbocycles. The predicted octanol–water partition coefficient (Wildman–Crippen LogP) is 2.94. The van der Waals surface area contributed by atoms with Gasteiger partial charge in [0.15, 0.2) is 11.4 Å². The number of hydrogen-bond acceptors (Lipinski definition) is 5. The van der Waals surface area contributed by atoms with Crippen LogP contribution >= 0.6 is 0 Å². The predicted molar refractivity (Wildman–Crippen MR) is 94.2 cm³/mol. The Labute approximate surface area is 145 Å². The topological polar surface area (TPSA) is 98.5 Å². The Morgan fingerprint density at radius 3 is 2.80 bits per heavy atom. The van der Waals surface area contributed by atoms with Crippen LogP contribution in [-0.4, -0.2) is 26.5 Å². The number of pyridine rings is 1. The third-order valence-corrected chi connectivity index (χ3v) is 4.63. The standard InChI is InChI=1S/C18H21N5O2/c1-11-7-8-14(25-11)17-21-16-10-12(9-15(19)23(16)22-17)18(24)20-13-5-3-2-4-6-13/h7-10,13H,2-6,19H2,1H3,(H,20,24). The summed E-state index contributed by atoms with van der Waals surface area (Å²) in [6.45, 7) is 1.86. The van der Waals surface area contributed by atoms with Crippen LogP contribution in [0.5, 0.6) is 0 Å². The second-order valence-corrected chi connectivity index (χ2v) is 6.59. The van der Waals surface area contributed by atoms with E-state index in [0.717, 1.165) is 18.6 Å². The largest absolute Gasteiger partial charge is 0.458 e. The number of aryl methyl sites for hydroxylation is 1. The fourth-order valence-corrected chi connectivity index (χ4v) is 3.31. The van der Waals surface area contributed by atoms with Crippen molar-refractivity contribution in [1.82, 2.24) is 19.9 Å². The number of aromatic nitrogens is 3. The molecule has 0 bridgehead atoms. The van der Waals surface area contributed by atoms with E-state index in [4.69, 9.17) is 10.2 Å². The van der Waals surface area contributed by atoms with E-state index in [1.54, 1.807) is 12.1 Å². The lowest BCUT2D eigenvalue weighted by molar-refractivity contribution is 0.0927. The molecule has 130 valence electrons. The number of fused-ring (bicyclic) bond motifs is 1. The molecular formula is C18H21N5O2. The second kappa shape index (κ2) is 6.23. The fraction of sp³-hybridized carbons (Fsp3) is 0.389. The van der Waals surface area contributed by atoms with Crippen molar-refractivity contribution in [2.24, 2.45) is 0 Å². The smallest absolute Gasteiger partial charge is 0.251 e. The molecule has 0 spiro atoms. The lowest BCUT2D eigenvalue weighted by Gasteiger charge is -2.22. The average molecular weight is 339 g/mol. The van der Waals surface area contributed by atoms with Crippen molar-refractivity contribution in [3.05, 3.63) is 35.6 Å². The van der Waals surface area contributed by atoms with Crippen molar-refractivity contribution in [2.75, 3.05) is 5.73 Å². The van der Waals surface area contributed by atoms with E-state index < -0.39 is 0 Å². The maximum absolute atomic E-state index is 12.5. The van der Waals surface area contributed by atoms with Gasteiger partial charge in [-0.3, -0.25) is 4.79 Å². The summed E-state index contributed by atoms with van der Waals surface area (Å²) < 4.78 is 7.08. The number of nitrogen functional groups attached to an aromatic ring is 1. The third-order valence-electron chi connectivity index (χ3n) is 4.63. The van der Waals surface area contributed by atoms with Gasteiger partial charge in [0.05, 0.1) is 0 Å². The first kappa shape index (κ1) is 15.7. The van der Waals surface area contributed by atoms with Gasteiger partial charge in [-0.2, -0.15) is 4.52 Å². The number of amides is 1. The number of nitrogens with zero attached hydrogens (tertiary/aromatic N) is 3. The molecule has 3 aromatic heterocycles. The fourth-order valence-electron chi connectivity index (χ4n) is 3.31. The van der Waals surface area contributed by atoms with Gasteiger partial charge in [0, 0.05) is 11.6 Å². The van der Waals surface area contributed by atoms with Crippen molar-refractivity contribution in [1.29, 1.82) is 0 Å². The molecule has 3 aromatic rings. The Morgan fingerprint density at radius 1 is 1.28 bits per heavy atom. The van der Waals surface area contributed by atoms with E-state index in [-0.39, 0.29) is 11.9 Å². The molecule has 1 fully saturated rings. The van der Waals surface area contributed by atoms with E-state index >= 15 is 0 Å².